The van der Waals surface area contributed by atoms with Crippen molar-refractivity contribution in [1.82, 2.24) is 15.0 Å². The summed E-state index contributed by atoms with van der Waals surface area (Å²) in [7, 11) is 0. The monoisotopic (exact) mass is 817 g/mol. The third-order valence-electron chi connectivity index (χ3n) is 13.5. The maximum absolute atomic E-state index is 6.32. The number of hydrogen-bond acceptors (Lipinski definition) is 4. The zero-order valence-corrected chi connectivity index (χ0v) is 34.9. The van der Waals surface area contributed by atoms with Gasteiger partial charge in [-0.05, 0) is 97.8 Å². The number of hydrogen-bond donors (Lipinski definition) is 0. The lowest BCUT2D eigenvalue weighted by atomic mass is 9.69. The fraction of sp³-hybridized carbons (Fsp3) is 0.0500. The molecule has 300 valence electrons. The van der Waals surface area contributed by atoms with E-state index in [2.05, 4.69) is 176 Å². The average molecular weight is 818 g/mol. The van der Waals surface area contributed by atoms with Crippen LogP contribution in [0.4, 0.5) is 0 Å². The Morgan fingerprint density at radius 3 is 1.62 bits per heavy atom. The van der Waals surface area contributed by atoms with Crippen molar-refractivity contribution in [2.75, 3.05) is 0 Å². The van der Waals surface area contributed by atoms with Crippen LogP contribution in [-0.2, 0) is 18.3 Å². The molecule has 1 spiro atoms. The zero-order chi connectivity index (χ0) is 42.2. The van der Waals surface area contributed by atoms with Gasteiger partial charge in [-0.15, -0.1) is 0 Å². The first-order chi connectivity index (χ1) is 31.7. The van der Waals surface area contributed by atoms with E-state index in [1.54, 1.807) is 0 Å². The molecule has 0 saturated heterocycles. The van der Waals surface area contributed by atoms with E-state index in [0.29, 0.717) is 17.5 Å². The van der Waals surface area contributed by atoms with Gasteiger partial charge in [0.2, 0.25) is 0 Å². The highest BCUT2D eigenvalue weighted by atomic mass is 16.3. The van der Waals surface area contributed by atoms with Crippen LogP contribution >= 0.6 is 0 Å². The Balaban J connectivity index is 0.913. The van der Waals surface area contributed by atoms with Gasteiger partial charge in [0.05, 0.1) is 5.41 Å². The van der Waals surface area contributed by atoms with E-state index in [9.17, 15) is 0 Å². The summed E-state index contributed by atoms with van der Waals surface area (Å²) in [6.45, 7) is 0. The Morgan fingerprint density at radius 2 is 0.875 bits per heavy atom. The molecule has 2 heterocycles. The normalized spacial score (nSPS) is 12.9. The molecule has 2 aliphatic carbocycles. The van der Waals surface area contributed by atoms with Crippen LogP contribution in [0.25, 0.3) is 89.5 Å². The SMILES string of the molecule is c1ccc(-c2nc(-c3cccc(CCc4cccc5c4C4(c6ccccc6-c6ccccc64)c4ccccc4-5)c3)nc(-c3ccccc3-c3cccc4oc5ccccc5c34)n2)cc1. The van der Waals surface area contributed by atoms with Crippen LogP contribution in [0.5, 0.6) is 0 Å². The summed E-state index contributed by atoms with van der Waals surface area (Å²) in [5, 5.41) is 2.16. The van der Waals surface area contributed by atoms with Crippen LogP contribution in [-0.4, -0.2) is 15.0 Å². The summed E-state index contributed by atoms with van der Waals surface area (Å²) in [6.07, 6.45) is 1.74. The first kappa shape index (κ1) is 36.4. The third-order valence-corrected chi connectivity index (χ3v) is 13.5. The predicted molar refractivity (Wildman–Crippen MR) is 259 cm³/mol. The Bertz CT molecular complexity index is 3580. The van der Waals surface area contributed by atoms with Gasteiger partial charge in [0.15, 0.2) is 17.5 Å². The predicted octanol–water partition coefficient (Wildman–Crippen LogP) is 14.6. The summed E-state index contributed by atoms with van der Waals surface area (Å²) in [4.78, 5) is 15.6. The van der Waals surface area contributed by atoms with Crippen molar-refractivity contribution < 1.29 is 4.42 Å². The first-order valence-electron chi connectivity index (χ1n) is 22.1. The Labute approximate surface area is 371 Å². The number of benzene rings is 9. The molecule has 11 aromatic rings. The molecule has 64 heavy (non-hydrogen) atoms. The van der Waals surface area contributed by atoms with E-state index in [-0.39, 0.29) is 5.41 Å². The molecule has 0 amide bonds. The van der Waals surface area contributed by atoms with Crippen molar-refractivity contribution in [3.05, 3.63) is 246 Å². The summed E-state index contributed by atoms with van der Waals surface area (Å²) >= 11 is 0. The lowest BCUT2D eigenvalue weighted by Gasteiger charge is -2.32. The number of aryl methyl sites for hydroxylation is 2. The minimum atomic E-state index is -0.376. The number of nitrogens with zero attached hydrogens (tertiary/aromatic N) is 3. The molecule has 0 radical (unpaired) electrons. The second-order valence-electron chi connectivity index (χ2n) is 16.9. The van der Waals surface area contributed by atoms with Crippen LogP contribution in [0.2, 0.25) is 0 Å². The second-order valence-corrected chi connectivity index (χ2v) is 16.9. The summed E-state index contributed by atoms with van der Waals surface area (Å²) in [6, 6.07) is 76.0. The van der Waals surface area contributed by atoms with Crippen molar-refractivity contribution in [2.24, 2.45) is 0 Å². The summed E-state index contributed by atoms with van der Waals surface area (Å²) in [5.74, 6) is 1.90. The molecule has 0 atom stereocenters. The Hall–Kier alpha value is -8.21. The number of furan rings is 1. The highest BCUT2D eigenvalue weighted by Crippen LogP contribution is 2.63. The topological polar surface area (TPSA) is 51.8 Å². The molecular formula is C60H39N3O. The molecule has 0 N–H and O–H groups in total. The van der Waals surface area contributed by atoms with Gasteiger partial charge in [0.1, 0.15) is 11.2 Å². The number of fused-ring (bicyclic) bond motifs is 13. The van der Waals surface area contributed by atoms with Crippen LogP contribution in [0.15, 0.2) is 217 Å². The molecule has 9 aromatic carbocycles. The molecule has 2 aromatic heterocycles. The van der Waals surface area contributed by atoms with Gasteiger partial charge in [0, 0.05) is 27.5 Å². The quantitative estimate of drug-likeness (QED) is 0.161. The molecular weight excluding hydrogens is 779 g/mol. The summed E-state index contributed by atoms with van der Waals surface area (Å²) in [5.41, 5.74) is 19.7. The first-order valence-corrected chi connectivity index (χ1v) is 22.1. The van der Waals surface area contributed by atoms with E-state index in [1.165, 1.54) is 55.6 Å². The largest absolute Gasteiger partial charge is 0.456 e. The van der Waals surface area contributed by atoms with Crippen molar-refractivity contribution >= 4 is 21.9 Å². The Morgan fingerprint density at radius 1 is 0.359 bits per heavy atom. The maximum Gasteiger partial charge on any atom is 0.164 e. The van der Waals surface area contributed by atoms with Crippen molar-refractivity contribution in [3.8, 4) is 67.5 Å². The average Bonchev–Trinajstić information content (AvgIpc) is 4.01. The molecule has 0 saturated carbocycles. The zero-order valence-electron chi connectivity index (χ0n) is 34.9. The molecule has 0 fully saturated rings. The second kappa shape index (κ2) is 14.4. The molecule has 0 unspecified atom stereocenters. The van der Waals surface area contributed by atoms with Crippen molar-refractivity contribution in [3.63, 3.8) is 0 Å². The van der Waals surface area contributed by atoms with Crippen molar-refractivity contribution in [2.45, 2.75) is 18.3 Å². The van der Waals surface area contributed by atoms with Crippen LogP contribution in [0, 0.1) is 0 Å². The minimum Gasteiger partial charge on any atom is -0.456 e. The molecule has 13 rings (SSSR count). The number of para-hydroxylation sites is 1. The van der Waals surface area contributed by atoms with Crippen LogP contribution < -0.4 is 0 Å². The molecule has 4 heteroatoms. The highest BCUT2D eigenvalue weighted by molar-refractivity contribution is 6.13. The number of rotatable bonds is 7. The standard InChI is InChI=1S/C60H39N3O/c1-2-18-40(19-3-1)57-61-58(63-59(62-57)48-26-5-4-22-42(48)46-28-16-34-54-55(46)49-27-9-13-33-53(49)64-54)41-21-14-17-38(37-41)35-36-39-20-15-29-47-45-25-8-12-32-52(45)60(56(39)47)50-30-10-6-23-43(50)44-24-7-11-31-51(44)60/h1-34,37H,35-36H2. The van der Waals surface area contributed by atoms with Gasteiger partial charge in [-0.2, -0.15) is 0 Å². The van der Waals surface area contributed by atoms with E-state index in [4.69, 9.17) is 19.4 Å². The van der Waals surface area contributed by atoms with Crippen molar-refractivity contribution in [1.29, 1.82) is 0 Å². The fourth-order valence-corrected chi connectivity index (χ4v) is 10.8. The van der Waals surface area contributed by atoms with E-state index in [0.717, 1.165) is 62.6 Å². The minimum absolute atomic E-state index is 0.376. The Kier molecular flexibility index (Phi) is 8.22. The highest BCUT2D eigenvalue weighted by Gasteiger charge is 2.52. The molecule has 0 bridgehead atoms. The molecule has 0 aliphatic heterocycles. The fourth-order valence-electron chi connectivity index (χ4n) is 10.8. The van der Waals surface area contributed by atoms with Gasteiger partial charge in [-0.1, -0.05) is 194 Å². The molecule has 2 aliphatic rings. The van der Waals surface area contributed by atoms with Gasteiger partial charge in [0.25, 0.3) is 0 Å². The van der Waals surface area contributed by atoms with Gasteiger partial charge in [-0.3, -0.25) is 0 Å². The molecule has 4 nitrogen and oxygen atoms in total. The van der Waals surface area contributed by atoms with E-state index >= 15 is 0 Å². The van der Waals surface area contributed by atoms with E-state index < -0.39 is 0 Å². The lowest BCUT2D eigenvalue weighted by molar-refractivity contribution is 0.669. The third kappa shape index (κ3) is 5.45. The van der Waals surface area contributed by atoms with E-state index in [1.807, 2.05) is 36.4 Å². The summed E-state index contributed by atoms with van der Waals surface area (Å²) < 4.78 is 6.32. The lowest BCUT2D eigenvalue weighted by Crippen LogP contribution is -2.27. The smallest absolute Gasteiger partial charge is 0.164 e. The van der Waals surface area contributed by atoms with Gasteiger partial charge < -0.3 is 4.42 Å². The number of aromatic nitrogens is 3. The van der Waals surface area contributed by atoms with Gasteiger partial charge in [-0.25, -0.2) is 15.0 Å². The van der Waals surface area contributed by atoms with Crippen LogP contribution in [0.1, 0.15) is 33.4 Å². The maximum atomic E-state index is 6.32. The van der Waals surface area contributed by atoms with Crippen LogP contribution in [0.3, 0.4) is 0 Å². The van der Waals surface area contributed by atoms with Gasteiger partial charge >= 0.3 is 0 Å².